The molecule has 0 aliphatic rings. The minimum atomic E-state index is -0.205. The summed E-state index contributed by atoms with van der Waals surface area (Å²) >= 11 is 0. The first-order chi connectivity index (χ1) is 12.0. The molecule has 1 aromatic carbocycles. The molecule has 0 aliphatic carbocycles. The van der Waals surface area contributed by atoms with Crippen molar-refractivity contribution in [2.75, 3.05) is 23.3 Å². The lowest BCUT2D eigenvalue weighted by atomic mass is 10.2. The minimum absolute atomic E-state index is 0.205. The van der Waals surface area contributed by atoms with Crippen LogP contribution in [0, 0.1) is 13.8 Å². The van der Waals surface area contributed by atoms with Crippen LogP contribution >= 0.6 is 0 Å². The van der Waals surface area contributed by atoms with Gasteiger partial charge in [-0.05, 0) is 58.0 Å². The van der Waals surface area contributed by atoms with Crippen molar-refractivity contribution in [3.05, 3.63) is 53.5 Å². The lowest BCUT2D eigenvalue weighted by Gasteiger charge is -2.21. The van der Waals surface area contributed by atoms with E-state index in [9.17, 15) is 4.79 Å². The molecular formula is C19H23N5O. The highest BCUT2D eigenvalue weighted by molar-refractivity contribution is 6.08. The van der Waals surface area contributed by atoms with E-state index in [1.165, 1.54) is 0 Å². The van der Waals surface area contributed by atoms with Gasteiger partial charge in [-0.15, -0.1) is 0 Å². The molecule has 0 saturated heterocycles. The number of hydrogen-bond acceptors (Lipinski definition) is 4. The Kier molecular flexibility index (Phi) is 4.70. The van der Waals surface area contributed by atoms with E-state index in [0.717, 1.165) is 35.9 Å². The van der Waals surface area contributed by atoms with Crippen LogP contribution in [0.1, 0.15) is 35.6 Å². The van der Waals surface area contributed by atoms with Crippen LogP contribution < -0.4 is 10.2 Å². The molecule has 1 amide bonds. The number of aryl methyl sites for hydroxylation is 2. The lowest BCUT2D eigenvalue weighted by molar-refractivity contribution is 0.102. The first kappa shape index (κ1) is 17.0. The number of amides is 1. The number of fused-ring (bicyclic) bond motifs is 1. The molecule has 130 valence electrons. The monoisotopic (exact) mass is 337 g/mol. The van der Waals surface area contributed by atoms with Crippen LogP contribution in [-0.2, 0) is 0 Å². The number of anilines is 2. The van der Waals surface area contributed by atoms with Crippen molar-refractivity contribution in [3.8, 4) is 0 Å². The van der Waals surface area contributed by atoms with Crippen molar-refractivity contribution in [2.24, 2.45) is 0 Å². The van der Waals surface area contributed by atoms with E-state index in [-0.39, 0.29) is 5.91 Å². The topological polar surface area (TPSA) is 62.5 Å². The third-order valence-corrected chi connectivity index (χ3v) is 4.28. The third kappa shape index (κ3) is 3.33. The second-order valence-electron chi connectivity index (χ2n) is 6.01. The van der Waals surface area contributed by atoms with Crippen LogP contribution in [0.3, 0.4) is 0 Å². The summed E-state index contributed by atoms with van der Waals surface area (Å²) in [5.74, 6) is -0.205. The molecule has 3 aromatic rings. The first-order valence-corrected chi connectivity index (χ1v) is 8.51. The molecule has 6 heteroatoms. The number of hydrogen-bond donors (Lipinski definition) is 1. The second kappa shape index (κ2) is 6.93. The number of carbonyl (C=O) groups excluding carboxylic acids is 1. The molecule has 0 bridgehead atoms. The maximum atomic E-state index is 12.6. The number of benzene rings is 1. The third-order valence-electron chi connectivity index (χ3n) is 4.28. The first-order valence-electron chi connectivity index (χ1n) is 8.51. The van der Waals surface area contributed by atoms with Gasteiger partial charge < -0.3 is 10.2 Å². The highest BCUT2D eigenvalue weighted by Crippen LogP contribution is 2.19. The van der Waals surface area contributed by atoms with Gasteiger partial charge in [0.25, 0.3) is 5.91 Å². The van der Waals surface area contributed by atoms with Gasteiger partial charge in [0.2, 0.25) is 0 Å². The molecule has 6 nitrogen and oxygen atoms in total. The number of carbonyl (C=O) groups is 1. The number of rotatable bonds is 5. The number of nitrogens with zero attached hydrogens (tertiary/aromatic N) is 4. The Bertz CT molecular complexity index is 894. The van der Waals surface area contributed by atoms with Crippen LogP contribution in [0.25, 0.3) is 5.65 Å². The van der Waals surface area contributed by atoms with E-state index in [1.807, 2.05) is 44.2 Å². The molecule has 0 saturated carbocycles. The van der Waals surface area contributed by atoms with Crippen LogP contribution in [0.2, 0.25) is 0 Å². The van der Waals surface area contributed by atoms with Crippen LogP contribution in [0.15, 0.2) is 36.5 Å². The summed E-state index contributed by atoms with van der Waals surface area (Å²) in [6, 6.07) is 9.81. The summed E-state index contributed by atoms with van der Waals surface area (Å²) in [5.41, 5.74) is 4.76. The molecule has 0 spiro atoms. The molecule has 0 fully saturated rings. The lowest BCUT2D eigenvalue weighted by Crippen LogP contribution is -2.21. The average Bonchev–Trinajstić information content (AvgIpc) is 3.01. The zero-order chi connectivity index (χ0) is 18.0. The van der Waals surface area contributed by atoms with E-state index in [2.05, 4.69) is 34.1 Å². The minimum Gasteiger partial charge on any atom is -0.372 e. The summed E-state index contributed by atoms with van der Waals surface area (Å²) in [7, 11) is 0. The Labute approximate surface area is 147 Å². The highest BCUT2D eigenvalue weighted by atomic mass is 16.1. The summed E-state index contributed by atoms with van der Waals surface area (Å²) < 4.78 is 1.69. The Morgan fingerprint density at radius 1 is 1.16 bits per heavy atom. The fourth-order valence-electron chi connectivity index (χ4n) is 2.97. The molecule has 0 unspecified atom stereocenters. The van der Waals surface area contributed by atoms with Crippen molar-refractivity contribution in [2.45, 2.75) is 27.7 Å². The maximum absolute atomic E-state index is 12.6. The average molecular weight is 337 g/mol. The SMILES string of the molecule is CCN(CC)c1ccc(NC(=O)c2cnn3c(C)cc(C)nc23)cc1. The summed E-state index contributed by atoms with van der Waals surface area (Å²) in [5, 5.41) is 7.19. The molecule has 2 heterocycles. The van der Waals surface area contributed by atoms with Gasteiger partial charge in [0, 0.05) is 35.9 Å². The molecular weight excluding hydrogens is 314 g/mol. The summed E-state index contributed by atoms with van der Waals surface area (Å²) in [6.07, 6.45) is 1.56. The largest absolute Gasteiger partial charge is 0.372 e. The Morgan fingerprint density at radius 2 is 1.84 bits per heavy atom. The molecule has 0 aliphatic heterocycles. The van der Waals surface area contributed by atoms with E-state index >= 15 is 0 Å². The molecule has 25 heavy (non-hydrogen) atoms. The predicted octanol–water partition coefficient (Wildman–Crippen LogP) is 3.44. The maximum Gasteiger partial charge on any atom is 0.261 e. The zero-order valence-electron chi connectivity index (χ0n) is 15.1. The van der Waals surface area contributed by atoms with Gasteiger partial charge in [0.05, 0.1) is 6.20 Å². The number of aromatic nitrogens is 3. The van der Waals surface area contributed by atoms with Crippen molar-refractivity contribution < 1.29 is 4.79 Å². The summed E-state index contributed by atoms with van der Waals surface area (Å²) in [4.78, 5) is 19.3. The quantitative estimate of drug-likeness (QED) is 0.774. The van der Waals surface area contributed by atoms with Crippen LogP contribution in [-0.4, -0.2) is 33.6 Å². The Morgan fingerprint density at radius 3 is 2.48 bits per heavy atom. The van der Waals surface area contributed by atoms with E-state index < -0.39 is 0 Å². The van der Waals surface area contributed by atoms with Crippen molar-refractivity contribution in [1.29, 1.82) is 0 Å². The van der Waals surface area contributed by atoms with Crippen molar-refractivity contribution in [3.63, 3.8) is 0 Å². The van der Waals surface area contributed by atoms with Crippen molar-refractivity contribution >= 4 is 22.9 Å². The normalized spacial score (nSPS) is 10.9. The molecule has 3 rings (SSSR count). The predicted molar refractivity (Wildman–Crippen MR) is 100 cm³/mol. The fraction of sp³-hybridized carbons (Fsp3) is 0.316. The molecule has 2 aromatic heterocycles. The van der Waals surface area contributed by atoms with Gasteiger partial charge in [0.1, 0.15) is 5.56 Å². The van der Waals surface area contributed by atoms with Gasteiger partial charge in [0.15, 0.2) is 5.65 Å². The van der Waals surface area contributed by atoms with Crippen LogP contribution in [0.5, 0.6) is 0 Å². The Balaban J connectivity index is 1.83. The standard InChI is InChI=1S/C19H23N5O/c1-5-23(6-2)16-9-7-15(8-10-16)22-19(25)17-12-20-24-14(4)11-13(3)21-18(17)24/h7-12H,5-6H2,1-4H3,(H,22,25). The van der Waals surface area contributed by atoms with Gasteiger partial charge in [-0.3, -0.25) is 4.79 Å². The smallest absolute Gasteiger partial charge is 0.261 e. The van der Waals surface area contributed by atoms with Gasteiger partial charge >= 0.3 is 0 Å². The molecule has 1 N–H and O–H groups in total. The van der Waals surface area contributed by atoms with E-state index in [1.54, 1.807) is 10.7 Å². The Hall–Kier alpha value is -2.89. The highest BCUT2D eigenvalue weighted by Gasteiger charge is 2.15. The molecule has 0 radical (unpaired) electrons. The molecule has 0 atom stereocenters. The van der Waals surface area contributed by atoms with Crippen LogP contribution in [0.4, 0.5) is 11.4 Å². The summed E-state index contributed by atoms with van der Waals surface area (Å²) in [6.45, 7) is 10.0. The van der Waals surface area contributed by atoms with E-state index in [4.69, 9.17) is 0 Å². The van der Waals surface area contributed by atoms with Gasteiger partial charge in [-0.25, -0.2) is 9.50 Å². The fourth-order valence-corrected chi connectivity index (χ4v) is 2.97. The van der Waals surface area contributed by atoms with Gasteiger partial charge in [-0.2, -0.15) is 5.10 Å². The van der Waals surface area contributed by atoms with E-state index in [0.29, 0.717) is 11.2 Å². The second-order valence-corrected chi connectivity index (χ2v) is 6.01. The van der Waals surface area contributed by atoms with Crippen molar-refractivity contribution in [1.82, 2.24) is 14.6 Å². The zero-order valence-corrected chi connectivity index (χ0v) is 15.1. The number of nitrogens with one attached hydrogen (secondary N) is 1. The van der Waals surface area contributed by atoms with Gasteiger partial charge in [-0.1, -0.05) is 0 Å².